The van der Waals surface area contributed by atoms with Crippen molar-refractivity contribution in [2.45, 2.75) is 32.2 Å². The number of H-pyrrole nitrogens is 1. The molecular formula is C18H22F2N4O3. The van der Waals surface area contributed by atoms with Crippen LogP contribution in [0.15, 0.2) is 24.4 Å². The maximum atomic E-state index is 13.7. The van der Waals surface area contributed by atoms with Crippen molar-refractivity contribution in [3.05, 3.63) is 47.3 Å². The highest BCUT2D eigenvalue weighted by Gasteiger charge is 2.22. The minimum absolute atomic E-state index is 0.00490. The molecule has 0 fully saturated rings. The van der Waals surface area contributed by atoms with E-state index in [0.29, 0.717) is 13.0 Å². The molecule has 1 atom stereocenters. The van der Waals surface area contributed by atoms with E-state index in [-0.39, 0.29) is 17.4 Å². The Bertz CT molecular complexity index is 774. The van der Waals surface area contributed by atoms with Crippen LogP contribution >= 0.6 is 0 Å². The monoisotopic (exact) mass is 380 g/mol. The lowest BCUT2D eigenvalue weighted by molar-refractivity contribution is 0.0926. The van der Waals surface area contributed by atoms with E-state index in [0.717, 1.165) is 31.0 Å². The van der Waals surface area contributed by atoms with Crippen LogP contribution in [0.4, 0.5) is 14.5 Å². The van der Waals surface area contributed by atoms with Gasteiger partial charge in [0.25, 0.3) is 11.8 Å². The van der Waals surface area contributed by atoms with Crippen LogP contribution < -0.4 is 10.6 Å². The number of hydrogen-bond acceptors (Lipinski definition) is 4. The quantitative estimate of drug-likeness (QED) is 0.583. The number of nitrogens with one attached hydrogen (secondary N) is 3. The van der Waals surface area contributed by atoms with Gasteiger partial charge in [0.1, 0.15) is 22.9 Å². The molecule has 7 nitrogen and oxygen atoms in total. The second-order valence-electron chi connectivity index (χ2n) is 5.92. The summed E-state index contributed by atoms with van der Waals surface area (Å²) in [5, 5.41) is 11.4. The predicted molar refractivity (Wildman–Crippen MR) is 95.6 cm³/mol. The molecule has 146 valence electrons. The summed E-state index contributed by atoms with van der Waals surface area (Å²) < 4.78 is 32.5. The molecule has 2 amide bonds. The molecule has 0 saturated carbocycles. The zero-order valence-corrected chi connectivity index (χ0v) is 15.1. The summed E-state index contributed by atoms with van der Waals surface area (Å²) >= 11 is 0. The fraction of sp³-hybridized carbons (Fsp3) is 0.389. The van der Waals surface area contributed by atoms with Crippen molar-refractivity contribution in [2.24, 2.45) is 0 Å². The Morgan fingerprint density at radius 3 is 2.59 bits per heavy atom. The Balaban J connectivity index is 2.08. The predicted octanol–water partition coefficient (Wildman–Crippen LogP) is 2.88. The second-order valence-corrected chi connectivity index (χ2v) is 5.92. The van der Waals surface area contributed by atoms with Crippen molar-refractivity contribution >= 4 is 17.5 Å². The van der Waals surface area contributed by atoms with Crippen molar-refractivity contribution in [1.29, 1.82) is 0 Å². The highest BCUT2D eigenvalue weighted by molar-refractivity contribution is 6.08. The number of rotatable bonds is 9. The molecule has 0 saturated heterocycles. The van der Waals surface area contributed by atoms with Gasteiger partial charge in [0.15, 0.2) is 0 Å². The van der Waals surface area contributed by atoms with Gasteiger partial charge in [0.2, 0.25) is 0 Å². The molecular weight excluding hydrogens is 358 g/mol. The standard InChI is InChI=1S/C18H22F2N4O3/c1-3-11(6-5-9-27-2)22-18(26)16-14(10-21-24-16)23-17(25)15-12(19)7-4-8-13(15)20/h4,7-8,10-11H,3,5-6,9H2,1-2H3,(H,21,24)(H,22,26)(H,23,25). The van der Waals surface area contributed by atoms with Crippen molar-refractivity contribution in [3.8, 4) is 0 Å². The van der Waals surface area contributed by atoms with Crippen LogP contribution in [0.3, 0.4) is 0 Å². The number of amides is 2. The normalized spacial score (nSPS) is 11.9. The fourth-order valence-electron chi connectivity index (χ4n) is 2.56. The average Bonchev–Trinajstić information content (AvgIpc) is 3.09. The topological polar surface area (TPSA) is 96.1 Å². The maximum absolute atomic E-state index is 13.7. The molecule has 0 spiro atoms. The fourth-order valence-corrected chi connectivity index (χ4v) is 2.56. The number of methoxy groups -OCH3 is 1. The van der Waals surface area contributed by atoms with Gasteiger partial charge in [0.05, 0.1) is 11.9 Å². The van der Waals surface area contributed by atoms with Crippen molar-refractivity contribution in [1.82, 2.24) is 15.5 Å². The number of carbonyl (C=O) groups is 2. The van der Waals surface area contributed by atoms with E-state index in [1.54, 1.807) is 7.11 Å². The van der Waals surface area contributed by atoms with E-state index in [9.17, 15) is 18.4 Å². The first-order valence-corrected chi connectivity index (χ1v) is 8.56. The van der Waals surface area contributed by atoms with Crippen LogP contribution in [-0.2, 0) is 4.74 Å². The van der Waals surface area contributed by atoms with Crippen molar-refractivity contribution < 1.29 is 23.1 Å². The van der Waals surface area contributed by atoms with Crippen molar-refractivity contribution in [2.75, 3.05) is 19.0 Å². The molecule has 0 aliphatic carbocycles. The summed E-state index contributed by atoms with van der Waals surface area (Å²) in [6.45, 7) is 2.53. The zero-order valence-electron chi connectivity index (χ0n) is 15.1. The lowest BCUT2D eigenvalue weighted by Crippen LogP contribution is -2.35. The smallest absolute Gasteiger partial charge is 0.271 e. The lowest BCUT2D eigenvalue weighted by Gasteiger charge is -2.16. The van der Waals surface area contributed by atoms with Gasteiger partial charge in [-0.15, -0.1) is 0 Å². The van der Waals surface area contributed by atoms with Crippen LogP contribution in [-0.4, -0.2) is 41.8 Å². The highest BCUT2D eigenvalue weighted by Crippen LogP contribution is 2.17. The van der Waals surface area contributed by atoms with Gasteiger partial charge in [-0.25, -0.2) is 8.78 Å². The highest BCUT2D eigenvalue weighted by atomic mass is 19.1. The van der Waals surface area contributed by atoms with E-state index in [1.807, 2.05) is 6.92 Å². The Hall–Kier alpha value is -2.81. The van der Waals surface area contributed by atoms with Crippen LogP contribution in [0.25, 0.3) is 0 Å². The number of aromatic amines is 1. The molecule has 1 unspecified atom stereocenters. The Morgan fingerprint density at radius 1 is 1.26 bits per heavy atom. The van der Waals surface area contributed by atoms with Gasteiger partial charge in [-0.3, -0.25) is 14.7 Å². The van der Waals surface area contributed by atoms with Gasteiger partial charge >= 0.3 is 0 Å². The third-order valence-corrected chi connectivity index (χ3v) is 4.03. The molecule has 3 N–H and O–H groups in total. The number of benzene rings is 1. The van der Waals surface area contributed by atoms with E-state index in [2.05, 4.69) is 20.8 Å². The molecule has 0 aliphatic rings. The van der Waals surface area contributed by atoms with E-state index in [1.165, 1.54) is 6.20 Å². The average molecular weight is 380 g/mol. The minimum Gasteiger partial charge on any atom is -0.385 e. The largest absolute Gasteiger partial charge is 0.385 e. The third kappa shape index (κ3) is 5.33. The van der Waals surface area contributed by atoms with Gasteiger partial charge in [-0.05, 0) is 31.4 Å². The number of nitrogens with zero attached hydrogens (tertiary/aromatic N) is 1. The van der Waals surface area contributed by atoms with Crippen LogP contribution in [0.1, 0.15) is 47.0 Å². The van der Waals surface area contributed by atoms with Crippen LogP contribution in [0, 0.1) is 11.6 Å². The molecule has 9 heteroatoms. The first-order chi connectivity index (χ1) is 13.0. The molecule has 1 heterocycles. The summed E-state index contributed by atoms with van der Waals surface area (Å²) in [4.78, 5) is 24.7. The van der Waals surface area contributed by atoms with E-state index in [4.69, 9.17) is 4.74 Å². The number of hydrogen-bond donors (Lipinski definition) is 3. The van der Waals surface area contributed by atoms with E-state index < -0.39 is 29.0 Å². The second kappa shape index (κ2) is 9.77. The zero-order chi connectivity index (χ0) is 19.8. The third-order valence-electron chi connectivity index (χ3n) is 4.03. The van der Waals surface area contributed by atoms with Gasteiger partial charge in [-0.2, -0.15) is 5.10 Å². The Labute approximate surface area is 155 Å². The first-order valence-electron chi connectivity index (χ1n) is 8.56. The molecule has 2 aromatic rings. The SMILES string of the molecule is CCC(CCCOC)NC(=O)c1[nH]ncc1NC(=O)c1c(F)cccc1F. The number of aromatic nitrogens is 2. The summed E-state index contributed by atoms with van der Waals surface area (Å²) in [5.41, 5.74) is -0.687. The molecule has 0 bridgehead atoms. The molecule has 0 radical (unpaired) electrons. The maximum Gasteiger partial charge on any atom is 0.271 e. The lowest BCUT2D eigenvalue weighted by atomic mass is 10.1. The Kier molecular flexibility index (Phi) is 7.42. The molecule has 1 aromatic heterocycles. The molecule has 2 rings (SSSR count). The number of anilines is 1. The van der Waals surface area contributed by atoms with Crippen LogP contribution in [0.2, 0.25) is 0 Å². The number of ether oxygens (including phenoxy) is 1. The Morgan fingerprint density at radius 2 is 1.96 bits per heavy atom. The summed E-state index contributed by atoms with van der Waals surface area (Å²) in [7, 11) is 1.61. The molecule has 1 aromatic carbocycles. The summed E-state index contributed by atoms with van der Waals surface area (Å²) in [6, 6.07) is 3.04. The van der Waals surface area contributed by atoms with E-state index >= 15 is 0 Å². The van der Waals surface area contributed by atoms with Gasteiger partial charge in [0, 0.05) is 19.8 Å². The summed E-state index contributed by atoms with van der Waals surface area (Å²) in [5.74, 6) is -3.47. The minimum atomic E-state index is -1.01. The van der Waals surface area contributed by atoms with Crippen molar-refractivity contribution in [3.63, 3.8) is 0 Å². The molecule has 27 heavy (non-hydrogen) atoms. The van der Waals surface area contributed by atoms with Gasteiger partial charge in [-0.1, -0.05) is 13.0 Å². The molecule has 0 aliphatic heterocycles. The summed E-state index contributed by atoms with van der Waals surface area (Å²) in [6.07, 6.45) is 3.43. The van der Waals surface area contributed by atoms with Gasteiger partial charge < -0.3 is 15.4 Å². The number of halogens is 2. The van der Waals surface area contributed by atoms with Crippen LogP contribution in [0.5, 0.6) is 0 Å². The first kappa shape index (κ1) is 20.5. The number of carbonyl (C=O) groups excluding carboxylic acids is 2.